The average Bonchev–Trinajstić information content (AvgIpc) is 2.55. The molecule has 2 heterocycles. The van der Waals surface area contributed by atoms with Gasteiger partial charge >= 0.3 is 0 Å². The predicted molar refractivity (Wildman–Crippen MR) is 55.9 cm³/mol. The highest BCUT2D eigenvalue weighted by Crippen LogP contribution is 2.39. The minimum Gasteiger partial charge on any atom is -0.388 e. The van der Waals surface area contributed by atoms with Crippen molar-refractivity contribution in [1.29, 1.82) is 0 Å². The van der Waals surface area contributed by atoms with Gasteiger partial charge in [0.2, 0.25) is 0 Å². The van der Waals surface area contributed by atoms with E-state index < -0.39 is 5.60 Å². The van der Waals surface area contributed by atoms with E-state index in [4.69, 9.17) is 5.73 Å². The van der Waals surface area contributed by atoms with E-state index in [1.54, 1.807) is 0 Å². The molecule has 0 bridgehead atoms. The fraction of sp³-hybridized carbons (Fsp3) is 1.00. The van der Waals surface area contributed by atoms with Crippen molar-refractivity contribution in [2.24, 2.45) is 5.73 Å². The summed E-state index contributed by atoms with van der Waals surface area (Å²) in [7, 11) is 0. The third-order valence-corrected chi connectivity index (χ3v) is 4.62. The van der Waals surface area contributed by atoms with E-state index >= 15 is 0 Å². The van der Waals surface area contributed by atoms with Gasteiger partial charge in [0.15, 0.2) is 0 Å². The summed E-state index contributed by atoms with van der Waals surface area (Å²) in [5.74, 6) is 2.02. The molecular weight excluding hydrogens is 184 g/mol. The van der Waals surface area contributed by atoms with Crippen molar-refractivity contribution in [3.8, 4) is 0 Å². The van der Waals surface area contributed by atoms with Crippen LogP contribution in [0, 0.1) is 0 Å². The van der Waals surface area contributed by atoms with Crippen LogP contribution in [0.15, 0.2) is 0 Å². The molecule has 3 nitrogen and oxygen atoms in total. The van der Waals surface area contributed by atoms with E-state index in [-0.39, 0.29) is 5.54 Å². The Morgan fingerprint density at radius 1 is 1.23 bits per heavy atom. The van der Waals surface area contributed by atoms with E-state index in [1.807, 2.05) is 11.8 Å². The van der Waals surface area contributed by atoms with E-state index in [0.717, 1.165) is 43.9 Å². The van der Waals surface area contributed by atoms with Crippen LogP contribution in [0.2, 0.25) is 0 Å². The smallest absolute Gasteiger partial charge is 0.0858 e. The van der Waals surface area contributed by atoms with Crippen LogP contribution < -0.4 is 11.1 Å². The van der Waals surface area contributed by atoms with Gasteiger partial charge in [-0.25, -0.2) is 0 Å². The summed E-state index contributed by atoms with van der Waals surface area (Å²) in [5.41, 5.74) is 5.34. The van der Waals surface area contributed by atoms with Crippen LogP contribution in [-0.2, 0) is 0 Å². The van der Waals surface area contributed by atoms with E-state index in [1.165, 1.54) is 0 Å². The summed E-state index contributed by atoms with van der Waals surface area (Å²) in [6, 6.07) is 0. The molecular formula is C9H18N2OS. The first-order chi connectivity index (χ1) is 6.16. The number of aliphatic hydroxyl groups is 1. The van der Waals surface area contributed by atoms with Crippen LogP contribution >= 0.6 is 11.8 Å². The van der Waals surface area contributed by atoms with Crippen LogP contribution in [0.3, 0.4) is 0 Å². The Hall–Kier alpha value is 0.230. The van der Waals surface area contributed by atoms with Crippen molar-refractivity contribution in [2.45, 2.75) is 30.4 Å². The molecule has 2 aliphatic heterocycles. The maximum absolute atomic E-state index is 10.5. The van der Waals surface area contributed by atoms with E-state index in [9.17, 15) is 5.11 Å². The molecule has 0 aromatic carbocycles. The number of nitrogens with one attached hydrogen (secondary N) is 1. The lowest BCUT2D eigenvalue weighted by molar-refractivity contribution is -0.0496. The van der Waals surface area contributed by atoms with Gasteiger partial charge in [-0.05, 0) is 38.1 Å². The predicted octanol–water partition coefficient (Wildman–Crippen LogP) is -0.0647. The van der Waals surface area contributed by atoms with Crippen molar-refractivity contribution in [3.63, 3.8) is 0 Å². The molecule has 2 aliphatic rings. The second kappa shape index (κ2) is 3.42. The zero-order valence-electron chi connectivity index (χ0n) is 7.88. The Bertz CT molecular complexity index is 186. The zero-order chi connectivity index (χ0) is 9.36. The highest BCUT2D eigenvalue weighted by Gasteiger charge is 2.49. The molecule has 0 saturated carbocycles. The topological polar surface area (TPSA) is 58.3 Å². The molecule has 0 radical (unpaired) electrons. The van der Waals surface area contributed by atoms with Crippen molar-refractivity contribution < 1.29 is 5.11 Å². The van der Waals surface area contributed by atoms with Gasteiger partial charge in [-0.15, -0.1) is 0 Å². The van der Waals surface area contributed by atoms with E-state index in [0.29, 0.717) is 0 Å². The molecule has 0 aromatic heterocycles. The third kappa shape index (κ3) is 1.61. The van der Waals surface area contributed by atoms with Gasteiger partial charge in [-0.2, -0.15) is 11.8 Å². The first-order valence-corrected chi connectivity index (χ1v) is 6.12. The SMILES string of the molecule is NC1(C2(O)CCNCC2)CCSC1. The number of rotatable bonds is 1. The van der Waals surface area contributed by atoms with Gasteiger partial charge < -0.3 is 16.2 Å². The lowest BCUT2D eigenvalue weighted by atomic mass is 9.74. The molecule has 0 aliphatic carbocycles. The van der Waals surface area contributed by atoms with E-state index in [2.05, 4.69) is 5.32 Å². The molecule has 13 heavy (non-hydrogen) atoms. The lowest BCUT2D eigenvalue weighted by Gasteiger charge is -2.44. The van der Waals surface area contributed by atoms with Crippen LogP contribution in [0.4, 0.5) is 0 Å². The van der Waals surface area contributed by atoms with Crippen molar-refractivity contribution in [3.05, 3.63) is 0 Å². The van der Waals surface area contributed by atoms with Crippen molar-refractivity contribution >= 4 is 11.8 Å². The molecule has 2 saturated heterocycles. The second-order valence-corrected chi connectivity index (χ2v) is 5.35. The molecule has 1 atom stereocenters. The largest absolute Gasteiger partial charge is 0.388 e. The molecule has 4 heteroatoms. The Morgan fingerprint density at radius 2 is 1.92 bits per heavy atom. The molecule has 0 aromatic rings. The number of thioether (sulfide) groups is 1. The normalized spacial score (nSPS) is 39.2. The quantitative estimate of drug-likeness (QED) is 0.557. The summed E-state index contributed by atoms with van der Waals surface area (Å²) in [5, 5.41) is 13.7. The first-order valence-electron chi connectivity index (χ1n) is 4.96. The fourth-order valence-corrected chi connectivity index (χ4v) is 3.72. The molecule has 4 N–H and O–H groups in total. The van der Waals surface area contributed by atoms with Crippen LogP contribution in [0.5, 0.6) is 0 Å². The Balaban J connectivity index is 2.11. The zero-order valence-corrected chi connectivity index (χ0v) is 8.70. The average molecular weight is 202 g/mol. The number of piperidine rings is 1. The van der Waals surface area contributed by atoms with Crippen LogP contribution in [0.25, 0.3) is 0 Å². The summed E-state index contributed by atoms with van der Waals surface area (Å²) in [6.07, 6.45) is 2.59. The Kier molecular flexibility index (Phi) is 2.57. The highest BCUT2D eigenvalue weighted by molar-refractivity contribution is 7.99. The number of hydrogen-bond acceptors (Lipinski definition) is 4. The highest BCUT2D eigenvalue weighted by atomic mass is 32.2. The van der Waals surface area contributed by atoms with Gasteiger partial charge in [-0.1, -0.05) is 0 Å². The fourth-order valence-electron chi connectivity index (χ4n) is 2.29. The first kappa shape index (κ1) is 9.77. The van der Waals surface area contributed by atoms with Gasteiger partial charge in [0.25, 0.3) is 0 Å². The maximum atomic E-state index is 10.5. The summed E-state index contributed by atoms with van der Waals surface area (Å²) in [6.45, 7) is 1.81. The van der Waals surface area contributed by atoms with Gasteiger partial charge in [0.1, 0.15) is 0 Å². The van der Waals surface area contributed by atoms with Crippen molar-refractivity contribution in [2.75, 3.05) is 24.6 Å². The molecule has 1 unspecified atom stereocenters. The second-order valence-electron chi connectivity index (χ2n) is 4.24. The third-order valence-electron chi connectivity index (χ3n) is 3.41. The number of nitrogens with two attached hydrogens (primary N) is 1. The van der Waals surface area contributed by atoms with Crippen molar-refractivity contribution in [1.82, 2.24) is 5.32 Å². The Morgan fingerprint density at radius 3 is 2.46 bits per heavy atom. The minimum absolute atomic E-state index is 0.320. The molecule has 76 valence electrons. The van der Waals surface area contributed by atoms with Gasteiger partial charge in [0.05, 0.1) is 11.1 Å². The van der Waals surface area contributed by atoms with Crippen LogP contribution in [0.1, 0.15) is 19.3 Å². The summed E-state index contributed by atoms with van der Waals surface area (Å²) >= 11 is 1.87. The molecule has 0 spiro atoms. The minimum atomic E-state index is -0.609. The summed E-state index contributed by atoms with van der Waals surface area (Å²) < 4.78 is 0. The molecule has 2 fully saturated rings. The van der Waals surface area contributed by atoms with Gasteiger partial charge in [0, 0.05) is 5.75 Å². The maximum Gasteiger partial charge on any atom is 0.0858 e. The lowest BCUT2D eigenvalue weighted by Crippen LogP contribution is -2.64. The van der Waals surface area contributed by atoms with Gasteiger partial charge in [-0.3, -0.25) is 0 Å². The van der Waals surface area contributed by atoms with Crippen LogP contribution in [-0.4, -0.2) is 40.8 Å². The molecule has 2 rings (SSSR count). The standard InChI is InChI=1S/C9H18N2OS/c10-8(3-6-13-7-8)9(12)1-4-11-5-2-9/h11-12H,1-7,10H2. The summed E-state index contributed by atoms with van der Waals surface area (Å²) in [4.78, 5) is 0. The monoisotopic (exact) mass is 202 g/mol. The molecule has 0 amide bonds. The Labute approximate surface area is 83.5 Å². The number of hydrogen-bond donors (Lipinski definition) is 3.